The number of benzene rings is 1. The second-order valence-electron chi connectivity index (χ2n) is 5.81. The standard InChI is InChI=1S/C19H18N4O3/c24-17-6-4-15(5-7-17)12-23(13-16-3-1-8-20-11-16)18(25)14-22-10-2-9-21-19(22)26/h1-11,24H,12-14H2. The Morgan fingerprint density at radius 3 is 2.50 bits per heavy atom. The van der Waals surface area contributed by atoms with Crippen molar-refractivity contribution in [2.75, 3.05) is 0 Å². The molecule has 0 unspecified atom stereocenters. The summed E-state index contributed by atoms with van der Waals surface area (Å²) in [4.78, 5) is 34.0. The van der Waals surface area contributed by atoms with Crippen molar-refractivity contribution in [2.45, 2.75) is 19.6 Å². The molecule has 7 nitrogen and oxygen atoms in total. The van der Waals surface area contributed by atoms with Gasteiger partial charge in [-0.15, -0.1) is 0 Å². The summed E-state index contributed by atoms with van der Waals surface area (Å²) in [5, 5.41) is 9.43. The molecule has 26 heavy (non-hydrogen) atoms. The number of hydrogen-bond donors (Lipinski definition) is 1. The SMILES string of the molecule is O=C(Cn1cccnc1=O)N(Cc1ccc(O)cc1)Cc1cccnc1. The molecular weight excluding hydrogens is 332 g/mol. The van der Waals surface area contributed by atoms with Gasteiger partial charge in [-0.3, -0.25) is 14.3 Å². The smallest absolute Gasteiger partial charge is 0.347 e. The summed E-state index contributed by atoms with van der Waals surface area (Å²) in [5.41, 5.74) is 1.29. The predicted molar refractivity (Wildman–Crippen MR) is 95.1 cm³/mol. The van der Waals surface area contributed by atoms with Crippen LogP contribution in [0.2, 0.25) is 0 Å². The van der Waals surface area contributed by atoms with Crippen LogP contribution in [0.15, 0.2) is 72.0 Å². The second kappa shape index (κ2) is 8.06. The lowest BCUT2D eigenvalue weighted by Gasteiger charge is -2.23. The summed E-state index contributed by atoms with van der Waals surface area (Å²) in [6.45, 7) is 0.622. The van der Waals surface area contributed by atoms with Crippen LogP contribution >= 0.6 is 0 Å². The molecule has 0 aliphatic heterocycles. The second-order valence-corrected chi connectivity index (χ2v) is 5.81. The Morgan fingerprint density at radius 2 is 1.81 bits per heavy atom. The summed E-state index contributed by atoms with van der Waals surface area (Å²) in [6, 6.07) is 12.0. The van der Waals surface area contributed by atoms with E-state index >= 15 is 0 Å². The zero-order valence-electron chi connectivity index (χ0n) is 14.0. The maximum absolute atomic E-state index is 12.8. The minimum atomic E-state index is -0.466. The molecule has 3 rings (SSSR count). The van der Waals surface area contributed by atoms with Crippen molar-refractivity contribution >= 4 is 5.91 Å². The van der Waals surface area contributed by atoms with E-state index in [1.54, 1.807) is 47.6 Å². The first-order valence-electron chi connectivity index (χ1n) is 8.08. The van der Waals surface area contributed by atoms with E-state index in [1.165, 1.54) is 17.0 Å². The molecular formula is C19H18N4O3. The molecule has 0 radical (unpaired) electrons. The molecule has 1 aromatic carbocycles. The molecule has 0 spiro atoms. The highest BCUT2D eigenvalue weighted by Crippen LogP contribution is 2.14. The van der Waals surface area contributed by atoms with E-state index in [4.69, 9.17) is 0 Å². The summed E-state index contributed by atoms with van der Waals surface area (Å²) < 4.78 is 1.27. The highest BCUT2D eigenvalue weighted by Gasteiger charge is 2.16. The van der Waals surface area contributed by atoms with Crippen LogP contribution in [0.25, 0.3) is 0 Å². The zero-order valence-corrected chi connectivity index (χ0v) is 14.0. The van der Waals surface area contributed by atoms with Crippen LogP contribution in [-0.2, 0) is 24.4 Å². The summed E-state index contributed by atoms with van der Waals surface area (Å²) in [7, 11) is 0. The van der Waals surface area contributed by atoms with Gasteiger partial charge in [0.25, 0.3) is 0 Å². The first kappa shape index (κ1) is 17.3. The van der Waals surface area contributed by atoms with Gasteiger partial charge < -0.3 is 10.0 Å². The Labute approximate surface area is 150 Å². The molecule has 0 aliphatic rings. The first-order valence-corrected chi connectivity index (χ1v) is 8.08. The van der Waals surface area contributed by atoms with Crippen LogP contribution in [0.4, 0.5) is 0 Å². The molecule has 0 fully saturated rings. The van der Waals surface area contributed by atoms with Crippen molar-refractivity contribution in [1.29, 1.82) is 0 Å². The lowest BCUT2D eigenvalue weighted by molar-refractivity contribution is -0.133. The molecule has 0 saturated heterocycles. The van der Waals surface area contributed by atoms with Gasteiger partial charge in [0.05, 0.1) is 0 Å². The number of rotatable bonds is 6. The molecule has 0 bridgehead atoms. The molecule has 7 heteroatoms. The third-order valence-corrected chi connectivity index (χ3v) is 3.85. The predicted octanol–water partition coefficient (Wildman–Crippen LogP) is 1.57. The first-order chi connectivity index (χ1) is 12.6. The van der Waals surface area contributed by atoms with Gasteiger partial charge in [0.15, 0.2) is 0 Å². The number of hydrogen-bond acceptors (Lipinski definition) is 5. The quantitative estimate of drug-likeness (QED) is 0.729. The Balaban J connectivity index is 1.81. The molecule has 0 aliphatic carbocycles. The van der Waals surface area contributed by atoms with Crippen LogP contribution in [0.3, 0.4) is 0 Å². The van der Waals surface area contributed by atoms with Crippen molar-refractivity contribution in [2.24, 2.45) is 0 Å². The largest absolute Gasteiger partial charge is 0.508 e. The number of carbonyl (C=O) groups is 1. The van der Waals surface area contributed by atoms with E-state index in [2.05, 4.69) is 9.97 Å². The lowest BCUT2D eigenvalue weighted by Crippen LogP contribution is -2.36. The number of phenolic OH excluding ortho intramolecular Hbond substituents is 1. The van der Waals surface area contributed by atoms with Gasteiger partial charge in [0.1, 0.15) is 12.3 Å². The maximum Gasteiger partial charge on any atom is 0.347 e. The molecule has 132 valence electrons. The van der Waals surface area contributed by atoms with E-state index in [0.717, 1.165) is 11.1 Å². The minimum absolute atomic E-state index is 0.0922. The third kappa shape index (κ3) is 4.54. The monoisotopic (exact) mass is 350 g/mol. The molecule has 2 heterocycles. The topological polar surface area (TPSA) is 88.3 Å². The number of amides is 1. The number of pyridine rings is 1. The Kier molecular flexibility index (Phi) is 5.38. The highest BCUT2D eigenvalue weighted by atomic mass is 16.3. The zero-order chi connectivity index (χ0) is 18.4. The number of carbonyl (C=O) groups excluding carboxylic acids is 1. The van der Waals surface area contributed by atoms with Crippen molar-refractivity contribution in [3.8, 4) is 5.75 Å². The van der Waals surface area contributed by atoms with Gasteiger partial charge in [-0.2, -0.15) is 0 Å². The van der Waals surface area contributed by atoms with E-state index in [1.807, 2.05) is 12.1 Å². The Hall–Kier alpha value is -3.48. The fourth-order valence-corrected chi connectivity index (χ4v) is 2.52. The fraction of sp³-hybridized carbons (Fsp3) is 0.158. The fourth-order valence-electron chi connectivity index (χ4n) is 2.52. The van der Waals surface area contributed by atoms with Crippen LogP contribution in [0, 0.1) is 0 Å². The van der Waals surface area contributed by atoms with Crippen LogP contribution in [0.5, 0.6) is 5.75 Å². The lowest BCUT2D eigenvalue weighted by atomic mass is 10.2. The molecule has 1 amide bonds. The molecule has 2 aromatic heterocycles. The average Bonchev–Trinajstić information content (AvgIpc) is 2.65. The normalized spacial score (nSPS) is 10.5. The highest BCUT2D eigenvalue weighted by molar-refractivity contribution is 5.76. The van der Waals surface area contributed by atoms with Gasteiger partial charge in [-0.25, -0.2) is 9.78 Å². The van der Waals surface area contributed by atoms with Gasteiger partial charge in [-0.1, -0.05) is 18.2 Å². The number of aromatic hydroxyl groups is 1. The number of phenols is 1. The van der Waals surface area contributed by atoms with Crippen molar-refractivity contribution in [3.05, 3.63) is 88.9 Å². The van der Waals surface area contributed by atoms with Gasteiger partial charge in [0, 0.05) is 37.9 Å². The van der Waals surface area contributed by atoms with Crippen LogP contribution in [0.1, 0.15) is 11.1 Å². The molecule has 0 atom stereocenters. The van der Waals surface area contributed by atoms with E-state index in [-0.39, 0.29) is 18.2 Å². The van der Waals surface area contributed by atoms with Gasteiger partial charge in [0.2, 0.25) is 5.91 Å². The van der Waals surface area contributed by atoms with E-state index in [9.17, 15) is 14.7 Å². The average molecular weight is 350 g/mol. The molecule has 3 aromatic rings. The van der Waals surface area contributed by atoms with E-state index in [0.29, 0.717) is 13.1 Å². The third-order valence-electron chi connectivity index (χ3n) is 3.85. The van der Waals surface area contributed by atoms with Crippen LogP contribution < -0.4 is 5.69 Å². The van der Waals surface area contributed by atoms with Crippen molar-refractivity contribution < 1.29 is 9.90 Å². The van der Waals surface area contributed by atoms with Gasteiger partial charge >= 0.3 is 5.69 Å². The van der Waals surface area contributed by atoms with Gasteiger partial charge in [-0.05, 0) is 35.4 Å². The van der Waals surface area contributed by atoms with Crippen LogP contribution in [-0.4, -0.2) is 30.4 Å². The maximum atomic E-state index is 12.8. The summed E-state index contributed by atoms with van der Waals surface area (Å²) in [5.74, 6) is -0.0437. The molecule has 0 saturated carbocycles. The Morgan fingerprint density at radius 1 is 1.04 bits per heavy atom. The summed E-state index contributed by atoms with van der Waals surface area (Å²) >= 11 is 0. The number of aromatic nitrogens is 3. The number of nitrogens with zero attached hydrogens (tertiary/aromatic N) is 4. The summed E-state index contributed by atoms with van der Waals surface area (Å²) in [6.07, 6.45) is 6.31. The molecule has 1 N–H and O–H groups in total. The van der Waals surface area contributed by atoms with E-state index < -0.39 is 5.69 Å². The van der Waals surface area contributed by atoms with Crippen molar-refractivity contribution in [1.82, 2.24) is 19.4 Å². The Bertz CT molecular complexity index is 923. The minimum Gasteiger partial charge on any atom is -0.508 e. The van der Waals surface area contributed by atoms with Crippen molar-refractivity contribution in [3.63, 3.8) is 0 Å².